The molecule has 2 heterocycles. The van der Waals surface area contributed by atoms with Crippen LogP contribution in [-0.4, -0.2) is 69.4 Å². The molecule has 0 radical (unpaired) electrons. The fourth-order valence-corrected chi connectivity index (χ4v) is 5.33. The van der Waals surface area contributed by atoms with Crippen molar-refractivity contribution in [2.45, 2.75) is 38.6 Å². The van der Waals surface area contributed by atoms with Crippen LogP contribution in [0.15, 0.2) is 24.4 Å². The van der Waals surface area contributed by atoms with Crippen molar-refractivity contribution < 1.29 is 16.8 Å². The minimum atomic E-state index is -2.98. The van der Waals surface area contributed by atoms with E-state index in [1.807, 2.05) is 18.3 Å². The number of benzene rings is 1. The molecule has 156 valence electrons. The van der Waals surface area contributed by atoms with Gasteiger partial charge in [-0.05, 0) is 55.5 Å². The van der Waals surface area contributed by atoms with Crippen LogP contribution in [0.2, 0.25) is 0 Å². The first-order chi connectivity index (χ1) is 13.2. The predicted octanol–water partition coefficient (Wildman–Crippen LogP) is 2.20. The molecule has 1 aromatic heterocycles. The fraction of sp³-hybridized carbons (Fsp3) is 0.600. The van der Waals surface area contributed by atoms with Crippen LogP contribution in [-0.2, 0) is 32.5 Å². The first-order valence-corrected chi connectivity index (χ1v) is 13.8. The summed E-state index contributed by atoms with van der Waals surface area (Å²) in [5, 5.41) is 1.14. The molecule has 1 aromatic carbocycles. The maximum atomic E-state index is 11.8. The zero-order valence-electron chi connectivity index (χ0n) is 16.6. The van der Waals surface area contributed by atoms with Crippen molar-refractivity contribution >= 4 is 30.6 Å². The monoisotopic (exact) mass is 426 g/mol. The molecule has 2 aromatic rings. The zero-order chi connectivity index (χ0) is 20.4. The SMILES string of the molecule is CCS(=O)(=O)CCc1ccc2[nH]cc(C[C@H]3CCCN3CCS(C)(=O)=O)c2c1. The quantitative estimate of drug-likeness (QED) is 0.664. The Morgan fingerprint density at radius 2 is 1.96 bits per heavy atom. The molecule has 0 saturated carbocycles. The Hall–Kier alpha value is -1.38. The molecule has 0 spiro atoms. The molecule has 0 amide bonds. The average Bonchev–Trinajstić information content (AvgIpc) is 3.25. The Balaban J connectivity index is 1.73. The van der Waals surface area contributed by atoms with E-state index in [0.29, 0.717) is 19.0 Å². The highest BCUT2D eigenvalue weighted by atomic mass is 32.2. The summed E-state index contributed by atoms with van der Waals surface area (Å²) in [6.45, 7) is 3.22. The lowest BCUT2D eigenvalue weighted by molar-refractivity contribution is 0.267. The lowest BCUT2D eigenvalue weighted by atomic mass is 10.0. The smallest absolute Gasteiger partial charge is 0.150 e. The van der Waals surface area contributed by atoms with Crippen molar-refractivity contribution in [1.29, 1.82) is 0 Å². The van der Waals surface area contributed by atoms with Gasteiger partial charge >= 0.3 is 0 Å². The molecular weight excluding hydrogens is 396 g/mol. The highest BCUT2D eigenvalue weighted by Gasteiger charge is 2.26. The number of H-pyrrole nitrogens is 1. The molecule has 1 N–H and O–H groups in total. The number of aryl methyl sites for hydroxylation is 1. The molecular formula is C20H30N2O4S2. The summed E-state index contributed by atoms with van der Waals surface area (Å²) in [4.78, 5) is 5.60. The summed E-state index contributed by atoms with van der Waals surface area (Å²) < 4.78 is 46.6. The molecule has 3 rings (SSSR count). The number of aromatic nitrogens is 1. The minimum Gasteiger partial charge on any atom is -0.361 e. The van der Waals surface area contributed by atoms with Crippen molar-refractivity contribution in [1.82, 2.24) is 9.88 Å². The summed E-state index contributed by atoms with van der Waals surface area (Å²) in [5.41, 5.74) is 3.30. The highest BCUT2D eigenvalue weighted by Crippen LogP contribution is 2.26. The first-order valence-electron chi connectivity index (χ1n) is 9.88. The topological polar surface area (TPSA) is 87.3 Å². The Labute approximate surface area is 168 Å². The molecule has 6 nitrogen and oxygen atoms in total. The molecule has 0 unspecified atom stereocenters. The van der Waals surface area contributed by atoms with E-state index in [1.54, 1.807) is 6.92 Å². The number of fused-ring (bicyclic) bond motifs is 1. The Morgan fingerprint density at radius 3 is 2.68 bits per heavy atom. The van der Waals surface area contributed by atoms with Gasteiger partial charge in [-0.1, -0.05) is 13.0 Å². The molecule has 1 atom stereocenters. The van der Waals surface area contributed by atoms with Crippen LogP contribution in [0.4, 0.5) is 0 Å². The van der Waals surface area contributed by atoms with Crippen molar-refractivity contribution in [2.75, 3.05) is 36.6 Å². The van der Waals surface area contributed by atoms with Gasteiger partial charge in [0.15, 0.2) is 0 Å². The fourth-order valence-electron chi connectivity index (χ4n) is 3.93. The van der Waals surface area contributed by atoms with E-state index in [0.717, 1.165) is 42.3 Å². The number of nitrogens with zero attached hydrogens (tertiary/aromatic N) is 1. The number of hydrogen-bond acceptors (Lipinski definition) is 5. The van der Waals surface area contributed by atoms with Gasteiger partial charge in [-0.15, -0.1) is 0 Å². The number of rotatable bonds is 9. The molecule has 28 heavy (non-hydrogen) atoms. The van der Waals surface area contributed by atoms with E-state index in [9.17, 15) is 16.8 Å². The molecule has 1 aliphatic rings. The minimum absolute atomic E-state index is 0.176. The van der Waals surface area contributed by atoms with Gasteiger partial charge in [0.25, 0.3) is 0 Å². The van der Waals surface area contributed by atoms with Crippen LogP contribution in [0.3, 0.4) is 0 Å². The number of nitrogens with one attached hydrogen (secondary N) is 1. The number of hydrogen-bond donors (Lipinski definition) is 1. The largest absolute Gasteiger partial charge is 0.361 e. The van der Waals surface area contributed by atoms with Gasteiger partial charge in [0.1, 0.15) is 19.7 Å². The Morgan fingerprint density at radius 1 is 1.18 bits per heavy atom. The second-order valence-electron chi connectivity index (χ2n) is 7.85. The van der Waals surface area contributed by atoms with Crippen LogP contribution >= 0.6 is 0 Å². The molecule has 0 bridgehead atoms. The van der Waals surface area contributed by atoms with Gasteiger partial charge in [0, 0.05) is 41.7 Å². The van der Waals surface area contributed by atoms with E-state index in [2.05, 4.69) is 16.0 Å². The van der Waals surface area contributed by atoms with Gasteiger partial charge in [-0.2, -0.15) is 0 Å². The third-order valence-electron chi connectivity index (χ3n) is 5.68. The molecule has 8 heteroatoms. The van der Waals surface area contributed by atoms with Crippen LogP contribution < -0.4 is 0 Å². The van der Waals surface area contributed by atoms with Crippen LogP contribution in [0.25, 0.3) is 10.9 Å². The van der Waals surface area contributed by atoms with Crippen molar-refractivity contribution in [3.63, 3.8) is 0 Å². The third-order valence-corrected chi connectivity index (χ3v) is 8.31. The molecule has 1 fully saturated rings. The maximum Gasteiger partial charge on any atom is 0.150 e. The number of aromatic amines is 1. The third kappa shape index (κ3) is 5.58. The van der Waals surface area contributed by atoms with E-state index in [-0.39, 0.29) is 17.3 Å². The molecule has 0 aliphatic carbocycles. The Kier molecular flexibility index (Phi) is 6.51. The summed E-state index contributed by atoms with van der Waals surface area (Å²) >= 11 is 0. The van der Waals surface area contributed by atoms with Gasteiger partial charge in [0.05, 0.1) is 11.5 Å². The van der Waals surface area contributed by atoms with E-state index in [1.165, 1.54) is 11.8 Å². The average molecular weight is 427 g/mol. The summed E-state index contributed by atoms with van der Waals surface area (Å²) in [7, 11) is -5.93. The van der Waals surface area contributed by atoms with Gasteiger partial charge in [-0.3, -0.25) is 4.90 Å². The summed E-state index contributed by atoms with van der Waals surface area (Å²) in [6, 6.07) is 6.46. The van der Waals surface area contributed by atoms with E-state index in [4.69, 9.17) is 0 Å². The second kappa shape index (κ2) is 8.55. The zero-order valence-corrected chi connectivity index (χ0v) is 18.3. The van der Waals surface area contributed by atoms with E-state index < -0.39 is 19.7 Å². The first kappa shape index (κ1) is 21.3. The second-order valence-corrected chi connectivity index (χ2v) is 12.6. The van der Waals surface area contributed by atoms with Crippen LogP contribution in [0.1, 0.15) is 30.9 Å². The summed E-state index contributed by atoms with van der Waals surface area (Å²) in [5.74, 6) is 0.555. The summed E-state index contributed by atoms with van der Waals surface area (Å²) in [6.07, 6.45) is 6.89. The lowest BCUT2D eigenvalue weighted by Gasteiger charge is -2.24. The van der Waals surface area contributed by atoms with Gasteiger partial charge in [0.2, 0.25) is 0 Å². The Bertz CT molecular complexity index is 1030. The number of sulfone groups is 2. The van der Waals surface area contributed by atoms with Crippen LogP contribution in [0.5, 0.6) is 0 Å². The maximum absolute atomic E-state index is 11.8. The lowest BCUT2D eigenvalue weighted by Crippen LogP contribution is -2.34. The van der Waals surface area contributed by atoms with E-state index >= 15 is 0 Å². The van der Waals surface area contributed by atoms with Crippen molar-refractivity contribution in [3.05, 3.63) is 35.5 Å². The van der Waals surface area contributed by atoms with Crippen LogP contribution in [0, 0.1) is 0 Å². The van der Waals surface area contributed by atoms with Gasteiger partial charge < -0.3 is 4.98 Å². The molecule has 1 saturated heterocycles. The standard InChI is InChI=1S/C20H30N2O4S2/c1-3-28(25,26)11-8-16-6-7-20-19(13-16)17(15-21-20)14-18-5-4-9-22(18)10-12-27(2,23)24/h6-7,13,15,18,21H,3-5,8-12,14H2,1-2H3/t18-/m1/s1. The predicted molar refractivity (Wildman–Crippen MR) is 114 cm³/mol. The molecule has 1 aliphatic heterocycles. The van der Waals surface area contributed by atoms with Crippen molar-refractivity contribution in [2.24, 2.45) is 0 Å². The highest BCUT2D eigenvalue weighted by molar-refractivity contribution is 7.91. The normalized spacial score (nSPS) is 18.9. The van der Waals surface area contributed by atoms with Crippen molar-refractivity contribution in [3.8, 4) is 0 Å². The van der Waals surface area contributed by atoms with Gasteiger partial charge in [-0.25, -0.2) is 16.8 Å². The number of likely N-dealkylation sites (tertiary alicyclic amines) is 1.